The second kappa shape index (κ2) is 5.07. The number of aliphatic hydroxyl groups is 4. The van der Waals surface area contributed by atoms with Gasteiger partial charge in [0, 0.05) is 0 Å². The second-order valence-electron chi connectivity index (χ2n) is 4.49. The third-order valence-corrected chi connectivity index (χ3v) is 3.25. The highest BCUT2D eigenvalue weighted by Gasteiger charge is 2.54. The van der Waals surface area contributed by atoms with Gasteiger partial charge in [-0.15, -0.1) is 0 Å². The number of hydrogen-bond acceptors (Lipinski definition) is 8. The van der Waals surface area contributed by atoms with Gasteiger partial charge in [-0.05, 0) is 0 Å². The Bertz CT molecular complexity index is 560. The molecule has 9 nitrogen and oxygen atoms in total. The van der Waals surface area contributed by atoms with E-state index in [0.717, 1.165) is 0 Å². The quantitative estimate of drug-likeness (QED) is 0.394. The lowest BCUT2D eigenvalue weighted by Gasteiger charge is -2.27. The van der Waals surface area contributed by atoms with Crippen molar-refractivity contribution < 1.29 is 29.6 Å². The number of aromatic nitrogens is 2. The number of aliphatic hydroxyl groups excluding tert-OH is 4. The molecule has 3 atom stereocenters. The van der Waals surface area contributed by atoms with E-state index in [1.54, 1.807) is 0 Å². The third-order valence-electron chi connectivity index (χ3n) is 3.25. The number of halogens is 1. The minimum Gasteiger partial charge on any atom is -0.393 e. The number of nitrogens with zero attached hydrogens (tertiary/aromatic N) is 2. The van der Waals surface area contributed by atoms with Crippen molar-refractivity contribution in [2.45, 2.75) is 24.0 Å². The summed E-state index contributed by atoms with van der Waals surface area (Å²) in [5, 5.41) is 38.0. The molecule has 0 saturated carbocycles. The molecule has 1 saturated heterocycles. The smallest absolute Gasteiger partial charge is 0.351 e. The predicted molar refractivity (Wildman–Crippen MR) is 61.9 cm³/mol. The van der Waals surface area contributed by atoms with E-state index in [2.05, 4.69) is 4.98 Å². The van der Waals surface area contributed by atoms with E-state index in [9.17, 15) is 29.6 Å². The molecular formula is C10H14FN3O6. The van der Waals surface area contributed by atoms with Crippen LogP contribution in [0.4, 0.5) is 10.2 Å². The largest absolute Gasteiger partial charge is 0.393 e. The Morgan fingerprint density at radius 2 is 2.05 bits per heavy atom. The van der Waals surface area contributed by atoms with Crippen molar-refractivity contribution >= 4 is 5.82 Å². The molecule has 0 spiro atoms. The fourth-order valence-electron chi connectivity index (χ4n) is 2.02. The van der Waals surface area contributed by atoms with E-state index in [0.29, 0.717) is 10.8 Å². The van der Waals surface area contributed by atoms with Crippen LogP contribution in [0.25, 0.3) is 0 Å². The number of ether oxygens (including phenoxy) is 1. The molecule has 112 valence electrons. The SMILES string of the molecule is Nc1nc(=O)n([C@@H]2OC(CO)(CO)[C@@H](O)[C@@H]2O)cc1F. The first-order valence-electron chi connectivity index (χ1n) is 5.66. The summed E-state index contributed by atoms with van der Waals surface area (Å²) in [6.07, 6.45) is -4.19. The molecular weight excluding hydrogens is 277 g/mol. The van der Waals surface area contributed by atoms with Gasteiger partial charge < -0.3 is 30.9 Å². The van der Waals surface area contributed by atoms with Crippen LogP contribution < -0.4 is 11.4 Å². The molecule has 1 aliphatic rings. The first-order chi connectivity index (χ1) is 9.36. The lowest BCUT2D eigenvalue weighted by atomic mass is 9.97. The van der Waals surface area contributed by atoms with Gasteiger partial charge in [0.1, 0.15) is 17.8 Å². The molecule has 0 unspecified atom stereocenters. The Balaban J connectivity index is 2.45. The summed E-state index contributed by atoms with van der Waals surface area (Å²) in [4.78, 5) is 14.8. The summed E-state index contributed by atoms with van der Waals surface area (Å²) in [6, 6.07) is 0. The number of hydrogen-bond donors (Lipinski definition) is 5. The van der Waals surface area contributed by atoms with Crippen LogP contribution >= 0.6 is 0 Å². The Labute approximate surface area is 111 Å². The van der Waals surface area contributed by atoms with Gasteiger partial charge in [0.05, 0.1) is 19.4 Å². The topological polar surface area (TPSA) is 151 Å². The number of nitrogen functional groups attached to an aromatic ring is 1. The van der Waals surface area contributed by atoms with Crippen LogP contribution in [-0.2, 0) is 4.74 Å². The molecule has 0 bridgehead atoms. The summed E-state index contributed by atoms with van der Waals surface area (Å²) in [7, 11) is 0. The molecule has 0 aromatic carbocycles. The van der Waals surface area contributed by atoms with E-state index < -0.39 is 54.6 Å². The third kappa shape index (κ3) is 2.07. The van der Waals surface area contributed by atoms with E-state index in [4.69, 9.17) is 10.5 Å². The van der Waals surface area contributed by atoms with Crippen molar-refractivity contribution in [3.63, 3.8) is 0 Å². The molecule has 1 aromatic heterocycles. The highest BCUT2D eigenvalue weighted by Crippen LogP contribution is 2.36. The molecule has 20 heavy (non-hydrogen) atoms. The molecule has 6 N–H and O–H groups in total. The lowest BCUT2D eigenvalue weighted by molar-refractivity contribution is -0.150. The zero-order valence-electron chi connectivity index (χ0n) is 10.2. The van der Waals surface area contributed by atoms with Crippen LogP contribution in [0.1, 0.15) is 6.23 Å². The van der Waals surface area contributed by atoms with Gasteiger partial charge in [-0.2, -0.15) is 4.98 Å². The normalized spacial score (nSPS) is 28.8. The summed E-state index contributed by atoms with van der Waals surface area (Å²) < 4.78 is 19.1. The van der Waals surface area contributed by atoms with Crippen LogP contribution in [0.5, 0.6) is 0 Å². The minimum absolute atomic E-state index is 0.590. The van der Waals surface area contributed by atoms with Gasteiger partial charge in [0.15, 0.2) is 17.9 Å². The predicted octanol–water partition coefficient (Wildman–Crippen LogP) is -3.06. The fraction of sp³-hybridized carbons (Fsp3) is 0.600. The molecule has 1 fully saturated rings. The van der Waals surface area contributed by atoms with Gasteiger partial charge in [0.2, 0.25) is 0 Å². The fourth-order valence-corrected chi connectivity index (χ4v) is 2.02. The molecule has 0 amide bonds. The van der Waals surface area contributed by atoms with E-state index in [1.807, 2.05) is 0 Å². The van der Waals surface area contributed by atoms with Gasteiger partial charge >= 0.3 is 5.69 Å². The standard InChI is InChI=1S/C10H14FN3O6/c11-4-1-14(9(19)13-7(4)12)8-5(17)6(18)10(2-15,3-16)20-8/h1,5-6,8,15-18H,2-3H2,(H2,12,13,19)/t5-,6-,8+/m0/s1. The minimum atomic E-state index is -1.86. The summed E-state index contributed by atoms with van der Waals surface area (Å²) in [5.74, 6) is -1.63. The summed E-state index contributed by atoms with van der Waals surface area (Å²) in [6.45, 7) is -1.62. The van der Waals surface area contributed by atoms with Crippen molar-refractivity contribution in [2.75, 3.05) is 18.9 Å². The van der Waals surface area contributed by atoms with Crippen LogP contribution in [0.2, 0.25) is 0 Å². The van der Waals surface area contributed by atoms with Crippen LogP contribution in [0.15, 0.2) is 11.0 Å². The van der Waals surface area contributed by atoms with Gasteiger partial charge in [0.25, 0.3) is 0 Å². The van der Waals surface area contributed by atoms with Crippen molar-refractivity contribution in [2.24, 2.45) is 0 Å². The first kappa shape index (κ1) is 14.8. The molecule has 1 aromatic rings. The summed E-state index contributed by atoms with van der Waals surface area (Å²) in [5.41, 5.74) is 2.26. The molecule has 0 aliphatic carbocycles. The zero-order valence-corrected chi connectivity index (χ0v) is 10.2. The van der Waals surface area contributed by atoms with Crippen molar-refractivity contribution in [1.82, 2.24) is 9.55 Å². The maximum Gasteiger partial charge on any atom is 0.351 e. The Hall–Kier alpha value is -1.59. The maximum absolute atomic E-state index is 13.3. The number of rotatable bonds is 3. The van der Waals surface area contributed by atoms with E-state index in [-0.39, 0.29) is 0 Å². The first-order valence-corrected chi connectivity index (χ1v) is 5.66. The Morgan fingerprint density at radius 3 is 2.55 bits per heavy atom. The number of anilines is 1. The number of nitrogens with two attached hydrogens (primary N) is 1. The lowest BCUT2D eigenvalue weighted by Crippen LogP contribution is -2.49. The van der Waals surface area contributed by atoms with Crippen molar-refractivity contribution in [3.8, 4) is 0 Å². The van der Waals surface area contributed by atoms with Gasteiger partial charge in [-0.25, -0.2) is 9.18 Å². The molecule has 10 heteroatoms. The monoisotopic (exact) mass is 291 g/mol. The molecule has 2 heterocycles. The second-order valence-corrected chi connectivity index (χ2v) is 4.49. The van der Waals surface area contributed by atoms with E-state index in [1.165, 1.54) is 0 Å². The highest BCUT2D eigenvalue weighted by atomic mass is 19.1. The highest BCUT2D eigenvalue weighted by molar-refractivity contribution is 5.26. The Morgan fingerprint density at radius 1 is 1.45 bits per heavy atom. The van der Waals surface area contributed by atoms with Gasteiger partial charge in [-0.3, -0.25) is 4.57 Å². The average molecular weight is 291 g/mol. The average Bonchev–Trinajstić information content (AvgIpc) is 2.68. The van der Waals surface area contributed by atoms with Crippen LogP contribution in [0.3, 0.4) is 0 Å². The summed E-state index contributed by atoms with van der Waals surface area (Å²) >= 11 is 0. The molecule has 0 radical (unpaired) electrons. The zero-order chi connectivity index (χ0) is 15.1. The van der Waals surface area contributed by atoms with Crippen molar-refractivity contribution in [3.05, 3.63) is 22.5 Å². The van der Waals surface area contributed by atoms with Crippen LogP contribution in [-0.4, -0.2) is 61.0 Å². The van der Waals surface area contributed by atoms with Gasteiger partial charge in [-0.1, -0.05) is 0 Å². The Kier molecular flexibility index (Phi) is 3.75. The maximum atomic E-state index is 13.3. The molecule has 1 aliphatic heterocycles. The van der Waals surface area contributed by atoms with E-state index >= 15 is 0 Å². The van der Waals surface area contributed by atoms with Crippen LogP contribution in [0, 0.1) is 5.82 Å². The molecule has 2 rings (SSSR count). The van der Waals surface area contributed by atoms with Crippen molar-refractivity contribution in [1.29, 1.82) is 0 Å².